The van der Waals surface area contributed by atoms with E-state index in [1.54, 1.807) is 27.4 Å². The van der Waals surface area contributed by atoms with Gasteiger partial charge in [0.2, 0.25) is 0 Å². The number of rotatable bonds is 5. The zero-order valence-corrected chi connectivity index (χ0v) is 11.1. The zero-order valence-electron chi connectivity index (χ0n) is 11.1. The van der Waals surface area contributed by atoms with Gasteiger partial charge in [0.1, 0.15) is 6.10 Å². The molecule has 4 nitrogen and oxygen atoms in total. The number of benzene rings is 1. The van der Waals surface area contributed by atoms with E-state index in [0.29, 0.717) is 11.5 Å². The molecule has 0 radical (unpaired) electrons. The van der Waals surface area contributed by atoms with E-state index >= 15 is 0 Å². The Balaban J connectivity index is 2.28. The van der Waals surface area contributed by atoms with Gasteiger partial charge in [-0.15, -0.1) is 0 Å². The Labute approximate surface area is 107 Å². The second kappa shape index (κ2) is 5.16. The van der Waals surface area contributed by atoms with Crippen molar-refractivity contribution in [3.05, 3.63) is 23.8 Å². The molecule has 1 N–H and O–H groups in total. The van der Waals surface area contributed by atoms with E-state index in [1.165, 1.54) is 0 Å². The summed E-state index contributed by atoms with van der Waals surface area (Å²) in [5, 5.41) is 10.5. The van der Waals surface area contributed by atoms with Crippen LogP contribution in [0.3, 0.4) is 0 Å². The topological polar surface area (TPSA) is 47.9 Å². The minimum Gasteiger partial charge on any atom is -0.493 e. The molecule has 18 heavy (non-hydrogen) atoms. The van der Waals surface area contributed by atoms with Gasteiger partial charge in [-0.05, 0) is 37.0 Å². The third kappa shape index (κ3) is 2.06. The Morgan fingerprint density at radius 2 is 1.78 bits per heavy atom. The van der Waals surface area contributed by atoms with Crippen molar-refractivity contribution in [1.29, 1.82) is 0 Å². The lowest BCUT2D eigenvalue weighted by molar-refractivity contribution is -0.151. The summed E-state index contributed by atoms with van der Waals surface area (Å²) in [6.07, 6.45) is 2.24. The third-order valence-corrected chi connectivity index (χ3v) is 3.83. The highest BCUT2D eigenvalue weighted by atomic mass is 16.5. The minimum absolute atomic E-state index is 0.431. The van der Waals surface area contributed by atoms with E-state index in [0.717, 1.165) is 24.8 Å². The fraction of sp³-hybridized carbons (Fsp3) is 0.571. The maximum absolute atomic E-state index is 10.5. The molecule has 0 amide bonds. The summed E-state index contributed by atoms with van der Waals surface area (Å²) in [5.41, 5.74) is 0.369. The second-order valence-corrected chi connectivity index (χ2v) is 4.64. The predicted octanol–water partition coefficient (Wildman–Crippen LogP) is 2.31. The smallest absolute Gasteiger partial charge is 0.161 e. The molecule has 0 saturated heterocycles. The lowest BCUT2D eigenvalue weighted by atomic mass is 9.73. The molecule has 100 valence electrons. The molecule has 1 aliphatic rings. The Morgan fingerprint density at radius 1 is 1.11 bits per heavy atom. The molecule has 1 fully saturated rings. The van der Waals surface area contributed by atoms with Gasteiger partial charge in [-0.2, -0.15) is 0 Å². The average molecular weight is 252 g/mol. The summed E-state index contributed by atoms with van der Waals surface area (Å²) in [6, 6.07) is 5.47. The van der Waals surface area contributed by atoms with Crippen LogP contribution in [0.4, 0.5) is 0 Å². The van der Waals surface area contributed by atoms with E-state index in [1.807, 2.05) is 12.1 Å². The number of methoxy groups -OCH3 is 3. The summed E-state index contributed by atoms with van der Waals surface area (Å²) in [6.45, 7) is 0. The summed E-state index contributed by atoms with van der Waals surface area (Å²) in [7, 11) is 4.84. The molecule has 0 aliphatic heterocycles. The first-order valence-corrected chi connectivity index (χ1v) is 6.12. The number of hydrogen-bond donors (Lipinski definition) is 1. The Kier molecular flexibility index (Phi) is 3.78. The SMILES string of the molecule is COc1ccc(C(O)C2(OC)CCC2)cc1OC. The largest absolute Gasteiger partial charge is 0.493 e. The lowest BCUT2D eigenvalue weighted by Gasteiger charge is -2.44. The predicted molar refractivity (Wildman–Crippen MR) is 68.1 cm³/mol. The molecule has 1 aromatic rings. The monoisotopic (exact) mass is 252 g/mol. The summed E-state index contributed by atoms with van der Waals surface area (Å²) < 4.78 is 15.9. The van der Waals surface area contributed by atoms with Crippen LogP contribution in [0.1, 0.15) is 30.9 Å². The van der Waals surface area contributed by atoms with Crippen LogP contribution in [0.25, 0.3) is 0 Å². The molecule has 1 atom stereocenters. The van der Waals surface area contributed by atoms with E-state index in [-0.39, 0.29) is 0 Å². The number of hydrogen-bond acceptors (Lipinski definition) is 4. The van der Waals surface area contributed by atoms with Crippen molar-refractivity contribution >= 4 is 0 Å². The Hall–Kier alpha value is -1.26. The second-order valence-electron chi connectivity index (χ2n) is 4.64. The van der Waals surface area contributed by atoms with Crippen LogP contribution in [-0.2, 0) is 4.74 Å². The van der Waals surface area contributed by atoms with Crippen LogP contribution >= 0.6 is 0 Å². The Morgan fingerprint density at radius 3 is 2.22 bits per heavy atom. The van der Waals surface area contributed by atoms with Gasteiger partial charge in [0.25, 0.3) is 0 Å². The molecule has 2 rings (SSSR count). The molecule has 0 heterocycles. The van der Waals surface area contributed by atoms with Crippen LogP contribution < -0.4 is 9.47 Å². The van der Waals surface area contributed by atoms with Crippen LogP contribution in [-0.4, -0.2) is 32.0 Å². The molecule has 1 aromatic carbocycles. The average Bonchev–Trinajstić information content (AvgIpc) is 2.37. The molecular weight excluding hydrogens is 232 g/mol. The van der Waals surface area contributed by atoms with Gasteiger partial charge in [0, 0.05) is 7.11 Å². The van der Waals surface area contributed by atoms with Crippen LogP contribution in [0.2, 0.25) is 0 Å². The number of ether oxygens (including phenoxy) is 3. The standard InChI is InChI=1S/C14H20O4/c1-16-11-6-5-10(9-12(11)17-2)13(15)14(18-3)7-4-8-14/h5-6,9,13,15H,4,7-8H2,1-3H3. The first kappa shape index (κ1) is 13.2. The van der Waals surface area contributed by atoms with Crippen molar-refractivity contribution in [3.8, 4) is 11.5 Å². The Bertz CT molecular complexity index is 407. The maximum atomic E-state index is 10.5. The van der Waals surface area contributed by atoms with Crippen LogP contribution in [0.15, 0.2) is 18.2 Å². The van der Waals surface area contributed by atoms with Gasteiger partial charge in [0.05, 0.1) is 19.8 Å². The molecule has 0 bridgehead atoms. The van der Waals surface area contributed by atoms with Crippen molar-refractivity contribution < 1.29 is 19.3 Å². The van der Waals surface area contributed by atoms with Gasteiger partial charge in [0.15, 0.2) is 11.5 Å². The van der Waals surface area contributed by atoms with Gasteiger partial charge < -0.3 is 19.3 Å². The van der Waals surface area contributed by atoms with Gasteiger partial charge >= 0.3 is 0 Å². The van der Waals surface area contributed by atoms with Crippen molar-refractivity contribution in [3.63, 3.8) is 0 Å². The van der Waals surface area contributed by atoms with Gasteiger partial charge in [-0.1, -0.05) is 6.07 Å². The molecule has 0 aromatic heterocycles. The van der Waals surface area contributed by atoms with E-state index in [9.17, 15) is 5.11 Å². The molecule has 1 saturated carbocycles. The van der Waals surface area contributed by atoms with Crippen molar-refractivity contribution in [2.75, 3.05) is 21.3 Å². The normalized spacial score (nSPS) is 18.9. The lowest BCUT2D eigenvalue weighted by Crippen LogP contribution is -2.45. The van der Waals surface area contributed by atoms with E-state index < -0.39 is 11.7 Å². The highest BCUT2D eigenvalue weighted by molar-refractivity contribution is 5.44. The van der Waals surface area contributed by atoms with Crippen molar-refractivity contribution in [1.82, 2.24) is 0 Å². The summed E-state index contributed by atoms with van der Waals surface area (Å²) in [4.78, 5) is 0. The van der Waals surface area contributed by atoms with Crippen LogP contribution in [0, 0.1) is 0 Å². The molecule has 4 heteroatoms. The quantitative estimate of drug-likeness (QED) is 0.873. The highest BCUT2D eigenvalue weighted by Crippen LogP contribution is 2.45. The third-order valence-electron chi connectivity index (χ3n) is 3.83. The number of aliphatic hydroxyl groups is 1. The maximum Gasteiger partial charge on any atom is 0.161 e. The molecule has 1 unspecified atom stereocenters. The molecular formula is C14H20O4. The fourth-order valence-corrected chi connectivity index (χ4v) is 2.44. The summed E-state index contributed by atoms with van der Waals surface area (Å²) in [5.74, 6) is 1.29. The van der Waals surface area contributed by atoms with Gasteiger partial charge in [-0.3, -0.25) is 0 Å². The fourth-order valence-electron chi connectivity index (χ4n) is 2.44. The van der Waals surface area contributed by atoms with Crippen molar-refractivity contribution in [2.24, 2.45) is 0 Å². The minimum atomic E-state index is -0.629. The molecule has 0 spiro atoms. The number of aliphatic hydroxyl groups excluding tert-OH is 1. The van der Waals surface area contributed by atoms with Crippen LogP contribution in [0.5, 0.6) is 11.5 Å². The van der Waals surface area contributed by atoms with Gasteiger partial charge in [-0.25, -0.2) is 0 Å². The van der Waals surface area contributed by atoms with Crippen molar-refractivity contribution in [2.45, 2.75) is 31.0 Å². The first-order valence-electron chi connectivity index (χ1n) is 6.12. The first-order chi connectivity index (χ1) is 8.66. The van der Waals surface area contributed by atoms with E-state index in [4.69, 9.17) is 14.2 Å². The van der Waals surface area contributed by atoms with E-state index in [2.05, 4.69) is 0 Å². The summed E-state index contributed by atoms with van der Waals surface area (Å²) >= 11 is 0. The molecule has 1 aliphatic carbocycles. The highest BCUT2D eigenvalue weighted by Gasteiger charge is 2.44. The zero-order chi connectivity index (χ0) is 13.2.